The minimum absolute atomic E-state index is 0.603. The third kappa shape index (κ3) is 4.37. The molecule has 2 heterocycles. The van der Waals surface area contributed by atoms with Crippen LogP contribution in [-0.4, -0.2) is 26.3 Å². The van der Waals surface area contributed by atoms with Crippen molar-refractivity contribution in [2.75, 3.05) is 17.2 Å². The molecule has 148 valence electrons. The number of aromatic nitrogens is 4. The molecule has 4 rings (SSSR count). The average Bonchev–Trinajstić information content (AvgIpc) is 3.13. The smallest absolute Gasteiger partial charge is 0.226 e. The normalized spacial score (nSPS) is 11.2. The van der Waals surface area contributed by atoms with Crippen LogP contribution in [0.25, 0.3) is 16.7 Å². The molecule has 0 saturated heterocycles. The van der Waals surface area contributed by atoms with Gasteiger partial charge in [0.15, 0.2) is 5.65 Å². The topological polar surface area (TPSA) is 67.7 Å². The summed E-state index contributed by atoms with van der Waals surface area (Å²) in [6, 6.07) is 18.3. The van der Waals surface area contributed by atoms with Gasteiger partial charge in [0.1, 0.15) is 5.82 Å². The Hall–Kier alpha value is -3.41. The Morgan fingerprint density at radius 3 is 2.59 bits per heavy atom. The van der Waals surface area contributed by atoms with E-state index < -0.39 is 0 Å². The van der Waals surface area contributed by atoms with Crippen LogP contribution >= 0.6 is 0 Å². The molecule has 0 fully saturated rings. The van der Waals surface area contributed by atoms with Crippen LogP contribution in [0.2, 0.25) is 0 Å². The van der Waals surface area contributed by atoms with Gasteiger partial charge in [0, 0.05) is 12.2 Å². The third-order valence-corrected chi connectivity index (χ3v) is 4.71. The molecule has 0 atom stereocenters. The summed E-state index contributed by atoms with van der Waals surface area (Å²) in [7, 11) is 0. The van der Waals surface area contributed by atoms with Crippen molar-refractivity contribution in [3.63, 3.8) is 0 Å². The highest BCUT2D eigenvalue weighted by Crippen LogP contribution is 2.27. The summed E-state index contributed by atoms with van der Waals surface area (Å²) >= 11 is 0. The van der Waals surface area contributed by atoms with Gasteiger partial charge < -0.3 is 10.6 Å². The molecule has 29 heavy (non-hydrogen) atoms. The Morgan fingerprint density at radius 2 is 1.83 bits per heavy atom. The van der Waals surface area contributed by atoms with E-state index in [0.717, 1.165) is 41.2 Å². The van der Waals surface area contributed by atoms with Gasteiger partial charge in [0.2, 0.25) is 5.95 Å². The first-order valence-corrected chi connectivity index (χ1v) is 9.99. The number of nitrogens with zero attached hydrogens (tertiary/aromatic N) is 4. The van der Waals surface area contributed by atoms with Crippen molar-refractivity contribution in [1.29, 1.82) is 0 Å². The van der Waals surface area contributed by atoms with Gasteiger partial charge in [-0.25, -0.2) is 4.68 Å². The molecule has 0 unspecified atom stereocenters. The van der Waals surface area contributed by atoms with E-state index in [4.69, 9.17) is 9.97 Å². The number of para-hydroxylation sites is 1. The second-order valence-electron chi connectivity index (χ2n) is 7.63. The van der Waals surface area contributed by atoms with Gasteiger partial charge in [-0.3, -0.25) is 0 Å². The maximum absolute atomic E-state index is 4.77. The molecule has 6 heteroatoms. The fourth-order valence-corrected chi connectivity index (χ4v) is 3.17. The predicted octanol–water partition coefficient (Wildman–Crippen LogP) is 5.33. The molecule has 0 saturated carbocycles. The highest BCUT2D eigenvalue weighted by atomic mass is 15.3. The van der Waals surface area contributed by atoms with Crippen molar-refractivity contribution in [2.24, 2.45) is 5.92 Å². The van der Waals surface area contributed by atoms with Crippen molar-refractivity contribution < 1.29 is 0 Å². The van der Waals surface area contributed by atoms with E-state index in [2.05, 4.69) is 48.6 Å². The van der Waals surface area contributed by atoms with Gasteiger partial charge in [-0.1, -0.05) is 44.2 Å². The van der Waals surface area contributed by atoms with Gasteiger partial charge >= 0.3 is 0 Å². The van der Waals surface area contributed by atoms with Crippen LogP contribution in [0.4, 0.5) is 17.5 Å². The first-order valence-electron chi connectivity index (χ1n) is 9.99. The summed E-state index contributed by atoms with van der Waals surface area (Å²) in [6.45, 7) is 7.32. The number of benzene rings is 2. The van der Waals surface area contributed by atoms with E-state index in [1.807, 2.05) is 53.3 Å². The van der Waals surface area contributed by atoms with Crippen LogP contribution in [0.15, 0.2) is 60.8 Å². The molecule has 4 aromatic rings. The second kappa shape index (κ2) is 8.31. The molecule has 0 aliphatic carbocycles. The summed E-state index contributed by atoms with van der Waals surface area (Å²) in [4.78, 5) is 9.51. The summed E-state index contributed by atoms with van der Waals surface area (Å²) in [5.74, 6) is 1.96. The molecule has 6 nitrogen and oxygen atoms in total. The van der Waals surface area contributed by atoms with E-state index in [9.17, 15) is 0 Å². The van der Waals surface area contributed by atoms with Gasteiger partial charge in [-0.15, -0.1) is 0 Å². The van der Waals surface area contributed by atoms with Crippen LogP contribution < -0.4 is 10.6 Å². The maximum atomic E-state index is 4.77. The predicted molar refractivity (Wildman–Crippen MR) is 119 cm³/mol. The van der Waals surface area contributed by atoms with E-state index in [1.54, 1.807) is 0 Å². The zero-order chi connectivity index (χ0) is 20.2. The fourth-order valence-electron chi connectivity index (χ4n) is 3.17. The van der Waals surface area contributed by atoms with Crippen LogP contribution in [0.3, 0.4) is 0 Å². The van der Waals surface area contributed by atoms with Crippen LogP contribution in [0.1, 0.15) is 25.8 Å². The molecule has 2 aromatic carbocycles. The zero-order valence-corrected chi connectivity index (χ0v) is 17.1. The summed E-state index contributed by atoms with van der Waals surface area (Å²) < 4.78 is 1.85. The minimum Gasteiger partial charge on any atom is -0.354 e. The van der Waals surface area contributed by atoms with E-state index in [1.165, 1.54) is 5.56 Å². The summed E-state index contributed by atoms with van der Waals surface area (Å²) in [5.41, 5.74) is 3.92. The standard InChI is InChI=1S/C23H26N6/c1-16(2)12-13-24-23-27-21(26-18-9-7-8-17(3)14-18)20-15-25-29(22(20)28-23)19-10-5-4-6-11-19/h4-11,14-16H,12-13H2,1-3H3,(H2,24,26,27,28). The monoisotopic (exact) mass is 386 g/mol. The zero-order valence-electron chi connectivity index (χ0n) is 17.1. The van der Waals surface area contributed by atoms with E-state index in [0.29, 0.717) is 11.9 Å². The lowest BCUT2D eigenvalue weighted by molar-refractivity contribution is 0.606. The molecule has 0 bridgehead atoms. The van der Waals surface area contributed by atoms with Crippen molar-refractivity contribution in [3.8, 4) is 5.69 Å². The lowest BCUT2D eigenvalue weighted by Gasteiger charge is -2.12. The largest absolute Gasteiger partial charge is 0.354 e. The average molecular weight is 387 g/mol. The highest BCUT2D eigenvalue weighted by molar-refractivity contribution is 5.90. The first kappa shape index (κ1) is 18.9. The Balaban J connectivity index is 1.76. The number of anilines is 3. The number of nitrogens with one attached hydrogen (secondary N) is 2. The number of fused-ring (bicyclic) bond motifs is 1. The Morgan fingerprint density at radius 1 is 1.00 bits per heavy atom. The fraction of sp³-hybridized carbons (Fsp3) is 0.261. The van der Waals surface area contributed by atoms with Crippen molar-refractivity contribution in [2.45, 2.75) is 27.2 Å². The van der Waals surface area contributed by atoms with E-state index in [-0.39, 0.29) is 0 Å². The molecular weight excluding hydrogens is 360 g/mol. The van der Waals surface area contributed by atoms with Gasteiger partial charge in [0.25, 0.3) is 0 Å². The first-order chi connectivity index (χ1) is 14.1. The SMILES string of the molecule is Cc1cccc(Nc2nc(NCCC(C)C)nc3c2cnn3-c2ccccc2)c1. The van der Waals surface area contributed by atoms with E-state index >= 15 is 0 Å². The van der Waals surface area contributed by atoms with Crippen LogP contribution in [0.5, 0.6) is 0 Å². The maximum Gasteiger partial charge on any atom is 0.226 e. The van der Waals surface area contributed by atoms with Gasteiger partial charge in [-0.05, 0) is 49.1 Å². The van der Waals surface area contributed by atoms with Crippen LogP contribution in [-0.2, 0) is 0 Å². The number of hydrogen-bond acceptors (Lipinski definition) is 5. The molecule has 2 aromatic heterocycles. The second-order valence-corrected chi connectivity index (χ2v) is 7.63. The molecular formula is C23H26N6. The minimum atomic E-state index is 0.603. The van der Waals surface area contributed by atoms with Crippen molar-refractivity contribution in [1.82, 2.24) is 19.7 Å². The number of hydrogen-bond donors (Lipinski definition) is 2. The highest BCUT2D eigenvalue weighted by Gasteiger charge is 2.14. The molecule has 0 radical (unpaired) electrons. The lowest BCUT2D eigenvalue weighted by Crippen LogP contribution is -2.10. The molecule has 0 aliphatic rings. The molecule has 0 aliphatic heterocycles. The van der Waals surface area contributed by atoms with Crippen LogP contribution in [0, 0.1) is 12.8 Å². The Labute approximate surface area is 171 Å². The molecule has 0 amide bonds. The third-order valence-electron chi connectivity index (χ3n) is 4.71. The van der Waals surface area contributed by atoms with Gasteiger partial charge in [0.05, 0.1) is 17.3 Å². The van der Waals surface area contributed by atoms with Crippen molar-refractivity contribution in [3.05, 3.63) is 66.4 Å². The number of rotatable bonds is 7. The number of aryl methyl sites for hydroxylation is 1. The van der Waals surface area contributed by atoms with Gasteiger partial charge in [-0.2, -0.15) is 15.1 Å². The molecule has 2 N–H and O–H groups in total. The summed E-state index contributed by atoms with van der Waals surface area (Å²) in [6.07, 6.45) is 2.87. The Bertz CT molecular complexity index is 1100. The lowest BCUT2D eigenvalue weighted by atomic mass is 10.1. The summed E-state index contributed by atoms with van der Waals surface area (Å²) in [5, 5.41) is 12.3. The molecule has 0 spiro atoms. The van der Waals surface area contributed by atoms with Crippen molar-refractivity contribution >= 4 is 28.5 Å². The quantitative estimate of drug-likeness (QED) is 0.450. The Kier molecular flexibility index (Phi) is 5.42.